The zero-order valence-electron chi connectivity index (χ0n) is 12.7. The van der Waals surface area contributed by atoms with E-state index in [0.29, 0.717) is 0 Å². The number of hydrogen-bond acceptors (Lipinski definition) is 0. The first kappa shape index (κ1) is 13.4. The van der Waals surface area contributed by atoms with Gasteiger partial charge in [-0.05, 0) is 79.5 Å². The molecule has 0 amide bonds. The molecule has 0 heterocycles. The minimum absolute atomic E-state index is 0.226. The Kier molecular flexibility index (Phi) is 2.66. The molecule has 5 rings (SSSR count). The van der Waals surface area contributed by atoms with Crippen LogP contribution >= 0.6 is 0 Å². The molecule has 0 fully saturated rings. The van der Waals surface area contributed by atoms with Gasteiger partial charge in [-0.15, -0.1) is 0 Å². The predicted molar refractivity (Wildman–Crippen MR) is 96.4 cm³/mol. The molecule has 5 aromatic rings. The minimum Gasteiger partial charge on any atom is -0.207 e. The molecule has 0 unspecified atom stereocenters. The van der Waals surface area contributed by atoms with Gasteiger partial charge < -0.3 is 0 Å². The zero-order chi connectivity index (χ0) is 16.3. The van der Waals surface area contributed by atoms with Crippen molar-refractivity contribution in [3.63, 3.8) is 0 Å². The Morgan fingerprint density at radius 1 is 0.375 bits per heavy atom. The van der Waals surface area contributed by atoms with Crippen LogP contribution < -0.4 is 0 Å². The topological polar surface area (TPSA) is 0 Å². The molecule has 0 saturated heterocycles. The second kappa shape index (κ2) is 4.75. The molecule has 5 aromatic carbocycles. The van der Waals surface area contributed by atoms with Gasteiger partial charge >= 0.3 is 0 Å². The maximum atomic E-state index is 13.5. The second-order valence-corrected chi connectivity index (χ2v) is 6.16. The van der Waals surface area contributed by atoms with Crippen LogP contribution in [0.1, 0.15) is 0 Å². The van der Waals surface area contributed by atoms with E-state index in [9.17, 15) is 8.78 Å². The van der Waals surface area contributed by atoms with E-state index < -0.39 is 0 Å². The summed E-state index contributed by atoms with van der Waals surface area (Å²) in [6, 6.07) is 21.9. The lowest BCUT2D eigenvalue weighted by atomic mass is 9.95. The molecule has 0 spiro atoms. The van der Waals surface area contributed by atoms with E-state index in [-0.39, 0.29) is 11.6 Å². The number of hydrogen-bond donors (Lipinski definition) is 0. The van der Waals surface area contributed by atoms with Gasteiger partial charge in [-0.2, -0.15) is 0 Å². The summed E-state index contributed by atoms with van der Waals surface area (Å²) in [6.07, 6.45) is 0. The average molecular weight is 314 g/mol. The van der Waals surface area contributed by atoms with Crippen LogP contribution in [0.4, 0.5) is 8.78 Å². The van der Waals surface area contributed by atoms with Gasteiger partial charge in [0.15, 0.2) is 0 Å². The van der Waals surface area contributed by atoms with E-state index >= 15 is 0 Å². The van der Waals surface area contributed by atoms with E-state index in [1.807, 2.05) is 36.4 Å². The highest BCUT2D eigenvalue weighted by atomic mass is 19.1. The van der Waals surface area contributed by atoms with E-state index in [1.54, 1.807) is 12.1 Å². The van der Waals surface area contributed by atoms with Gasteiger partial charge in [0.25, 0.3) is 0 Å². The fourth-order valence-electron chi connectivity index (χ4n) is 3.57. The number of halogens is 2. The molecule has 24 heavy (non-hydrogen) atoms. The van der Waals surface area contributed by atoms with Crippen LogP contribution in [0, 0.1) is 11.6 Å². The van der Waals surface area contributed by atoms with Crippen molar-refractivity contribution in [3.8, 4) is 0 Å². The van der Waals surface area contributed by atoms with Gasteiger partial charge in [0.05, 0.1) is 0 Å². The first-order chi connectivity index (χ1) is 11.7. The van der Waals surface area contributed by atoms with Gasteiger partial charge in [-0.25, -0.2) is 8.78 Å². The molecule has 114 valence electrons. The molecule has 0 saturated carbocycles. The van der Waals surface area contributed by atoms with Crippen molar-refractivity contribution < 1.29 is 8.78 Å². The predicted octanol–water partition coefficient (Wildman–Crippen LogP) is 6.58. The van der Waals surface area contributed by atoms with Crippen molar-refractivity contribution >= 4 is 43.1 Å². The molecule has 0 radical (unpaired) electrons. The molecule has 0 aliphatic heterocycles. The molecule has 0 bridgehead atoms. The molecular weight excluding hydrogens is 302 g/mol. The van der Waals surface area contributed by atoms with Gasteiger partial charge in [0.2, 0.25) is 0 Å². The highest BCUT2D eigenvalue weighted by Gasteiger charge is 2.07. The fourth-order valence-corrected chi connectivity index (χ4v) is 3.57. The van der Waals surface area contributed by atoms with Crippen molar-refractivity contribution in [1.29, 1.82) is 0 Å². The molecule has 0 aromatic heterocycles. The van der Waals surface area contributed by atoms with Gasteiger partial charge in [0, 0.05) is 0 Å². The Hall–Kier alpha value is -3.00. The Morgan fingerprint density at radius 2 is 0.750 bits per heavy atom. The minimum atomic E-state index is -0.226. The van der Waals surface area contributed by atoms with E-state index in [1.165, 1.54) is 12.1 Å². The Morgan fingerprint density at radius 3 is 1.17 bits per heavy atom. The second-order valence-electron chi connectivity index (χ2n) is 6.16. The number of benzene rings is 5. The maximum absolute atomic E-state index is 13.5. The quantitative estimate of drug-likeness (QED) is 0.224. The SMILES string of the molecule is Fc1ccc2c(ccc3cc4c(ccc5cc(F)ccc54)cc32)c1. The third-order valence-electron chi connectivity index (χ3n) is 4.71. The summed E-state index contributed by atoms with van der Waals surface area (Å²) in [5.41, 5.74) is 0. The van der Waals surface area contributed by atoms with Gasteiger partial charge in [-0.1, -0.05) is 36.4 Å². The lowest BCUT2D eigenvalue weighted by molar-refractivity contribution is 0.629. The van der Waals surface area contributed by atoms with Crippen LogP contribution in [0.5, 0.6) is 0 Å². The molecule has 0 aliphatic rings. The lowest BCUT2D eigenvalue weighted by Gasteiger charge is -2.09. The van der Waals surface area contributed by atoms with Crippen LogP contribution in [-0.4, -0.2) is 0 Å². The molecule has 2 heteroatoms. The summed E-state index contributed by atoms with van der Waals surface area (Å²) in [4.78, 5) is 0. The van der Waals surface area contributed by atoms with Crippen LogP contribution in [0.2, 0.25) is 0 Å². The summed E-state index contributed by atoms with van der Waals surface area (Å²) < 4.78 is 26.9. The number of fused-ring (bicyclic) bond motifs is 6. The summed E-state index contributed by atoms with van der Waals surface area (Å²) in [7, 11) is 0. The molecule has 0 aliphatic carbocycles. The van der Waals surface area contributed by atoms with Crippen molar-refractivity contribution in [2.45, 2.75) is 0 Å². The summed E-state index contributed by atoms with van der Waals surface area (Å²) in [5, 5.41) is 8.25. The van der Waals surface area contributed by atoms with Crippen LogP contribution in [0.25, 0.3) is 43.1 Å². The molecule has 0 N–H and O–H groups in total. The standard InChI is InChI=1S/C22H12F2/c23-17-5-7-19-13(9-17)1-3-15-11-22-16(12-21(15)19)4-2-14-10-18(24)6-8-20(14)22/h1-12H. The summed E-state index contributed by atoms with van der Waals surface area (Å²) in [5.74, 6) is -0.452. The third-order valence-corrected chi connectivity index (χ3v) is 4.71. The normalized spacial score (nSPS) is 11.8. The smallest absolute Gasteiger partial charge is 0.123 e. The van der Waals surface area contributed by atoms with Crippen molar-refractivity contribution in [1.82, 2.24) is 0 Å². The van der Waals surface area contributed by atoms with Crippen LogP contribution in [0.15, 0.2) is 72.8 Å². The van der Waals surface area contributed by atoms with E-state index in [4.69, 9.17) is 0 Å². The highest BCUT2D eigenvalue weighted by molar-refractivity contribution is 6.17. The monoisotopic (exact) mass is 314 g/mol. The average Bonchev–Trinajstić information content (AvgIpc) is 2.59. The molecular formula is C22H12F2. The highest BCUT2D eigenvalue weighted by Crippen LogP contribution is 2.33. The van der Waals surface area contributed by atoms with Gasteiger partial charge in [0.1, 0.15) is 11.6 Å². The zero-order valence-corrected chi connectivity index (χ0v) is 12.7. The van der Waals surface area contributed by atoms with Crippen molar-refractivity contribution in [2.24, 2.45) is 0 Å². The summed E-state index contributed by atoms with van der Waals surface area (Å²) >= 11 is 0. The largest absolute Gasteiger partial charge is 0.207 e. The first-order valence-electron chi connectivity index (χ1n) is 7.83. The number of rotatable bonds is 0. The van der Waals surface area contributed by atoms with Crippen molar-refractivity contribution in [3.05, 3.63) is 84.4 Å². The molecule has 0 atom stereocenters. The molecule has 0 nitrogen and oxygen atoms in total. The Bertz CT molecular complexity index is 1170. The van der Waals surface area contributed by atoms with Crippen LogP contribution in [0.3, 0.4) is 0 Å². The van der Waals surface area contributed by atoms with Crippen LogP contribution in [-0.2, 0) is 0 Å². The van der Waals surface area contributed by atoms with Crippen molar-refractivity contribution in [2.75, 3.05) is 0 Å². The summed E-state index contributed by atoms with van der Waals surface area (Å²) in [6.45, 7) is 0. The third kappa shape index (κ3) is 1.89. The Balaban J connectivity index is 1.95. The lowest BCUT2D eigenvalue weighted by Crippen LogP contribution is -1.83. The van der Waals surface area contributed by atoms with E-state index in [0.717, 1.165) is 43.1 Å². The van der Waals surface area contributed by atoms with E-state index in [2.05, 4.69) is 12.1 Å². The van der Waals surface area contributed by atoms with Gasteiger partial charge in [-0.3, -0.25) is 0 Å². The first-order valence-corrected chi connectivity index (χ1v) is 7.83. The fraction of sp³-hybridized carbons (Fsp3) is 0. The maximum Gasteiger partial charge on any atom is 0.123 e. The Labute approximate surface area is 136 Å².